The Kier molecular flexibility index (Phi) is 1.44. The fourth-order valence-electron chi connectivity index (χ4n) is 1.69. The Balaban J connectivity index is 2.74. The molecule has 2 rings (SSSR count). The normalized spacial score (nSPS) is 16.7. The number of hydrogen-bond acceptors (Lipinski definition) is 0. The van der Waals surface area contributed by atoms with Gasteiger partial charge in [0, 0.05) is 21.8 Å². The Bertz CT molecular complexity index is 720. The highest BCUT2D eigenvalue weighted by atomic mass is 14.9. The Morgan fingerprint density at radius 2 is 2.06 bits per heavy atom. The summed E-state index contributed by atoms with van der Waals surface area (Å²) >= 11 is 0. The van der Waals surface area contributed by atoms with Crippen LogP contribution in [0.3, 0.4) is 0 Å². The van der Waals surface area contributed by atoms with Gasteiger partial charge in [0.1, 0.15) is 8.42 Å². The molecule has 1 heterocycles. The molecule has 1 nitrogen and oxygen atoms in total. The predicted molar refractivity (Wildman–Crippen MR) is 67.3 cm³/mol. The van der Waals surface area contributed by atoms with Gasteiger partial charge in [0.05, 0.1) is 2.74 Å². The van der Waals surface area contributed by atoms with E-state index in [9.17, 15) is 0 Å². The quantitative estimate of drug-likeness (QED) is 0.648. The fourth-order valence-corrected chi connectivity index (χ4v) is 1.69. The zero-order valence-electron chi connectivity index (χ0n) is 15.7. The van der Waals surface area contributed by atoms with E-state index in [-0.39, 0.29) is 23.8 Å². The molecule has 0 saturated heterocycles. The molecule has 16 heavy (non-hydrogen) atoms. The van der Waals surface area contributed by atoms with E-state index in [1.54, 1.807) is 33.0 Å². The molecule has 0 aliphatic rings. The Labute approximate surface area is 106 Å². The van der Waals surface area contributed by atoms with Crippen molar-refractivity contribution in [2.24, 2.45) is 7.05 Å². The lowest BCUT2D eigenvalue weighted by Gasteiger charge is -2.06. The van der Waals surface area contributed by atoms with Crippen LogP contribution in [-0.4, -0.2) is 0 Å². The smallest absolute Gasteiger partial charge is 0.201 e. The van der Waals surface area contributed by atoms with Crippen LogP contribution in [-0.2, 0) is 7.05 Å². The Morgan fingerprint density at radius 3 is 2.75 bits per heavy atom. The van der Waals surface area contributed by atoms with Crippen LogP contribution in [0.25, 0.3) is 11.3 Å². The molecule has 1 aromatic heterocycles. The maximum atomic E-state index is 8.25. The van der Waals surface area contributed by atoms with E-state index in [4.69, 9.17) is 8.22 Å². The predicted octanol–water partition coefficient (Wildman–Crippen LogP) is 3.10. The molecule has 0 aliphatic heterocycles. The van der Waals surface area contributed by atoms with Crippen LogP contribution in [0.2, 0.25) is 0 Å². The van der Waals surface area contributed by atoms with Gasteiger partial charge in [-0.05, 0) is 37.9 Å². The lowest BCUT2D eigenvalue weighted by atomic mass is 10.0. The molecule has 0 N–H and O–H groups in total. The summed E-state index contributed by atoms with van der Waals surface area (Å²) in [6.07, 6.45) is 0.0304. The fraction of sp³-hybridized carbons (Fsp3) is 0.267. The minimum Gasteiger partial charge on any atom is -0.201 e. The summed E-state index contributed by atoms with van der Waals surface area (Å²) in [7, 11) is 1.64. The summed E-state index contributed by atoms with van der Waals surface area (Å²) in [5, 5.41) is 0. The first-order valence-electron chi connectivity index (χ1n) is 8.13. The van der Waals surface area contributed by atoms with Crippen LogP contribution < -0.4 is 4.57 Å². The topological polar surface area (TPSA) is 3.88 Å². The van der Waals surface area contributed by atoms with Crippen molar-refractivity contribution in [3.63, 3.8) is 0 Å². The molecule has 0 atom stereocenters. The summed E-state index contributed by atoms with van der Waals surface area (Å²) in [6.45, 7) is 1.27. The van der Waals surface area contributed by atoms with Crippen molar-refractivity contribution in [2.45, 2.75) is 20.7 Å². The van der Waals surface area contributed by atoms with E-state index in [0.29, 0.717) is 16.8 Å². The largest absolute Gasteiger partial charge is 0.212 e. The van der Waals surface area contributed by atoms with Crippen molar-refractivity contribution in [1.82, 2.24) is 0 Å². The number of aromatic nitrogens is 1. The second-order valence-electron chi connectivity index (χ2n) is 3.92. The molecule has 0 saturated carbocycles. The van der Waals surface area contributed by atoms with Crippen molar-refractivity contribution >= 4 is 0 Å². The number of rotatable bonds is 1. The van der Waals surface area contributed by atoms with Gasteiger partial charge in [0.2, 0.25) is 5.69 Å². The summed E-state index contributed by atoms with van der Waals surface area (Å²) in [5.74, 6) is 0. The third kappa shape index (κ3) is 1.99. The average molecular weight is 218 g/mol. The highest BCUT2D eigenvalue weighted by molar-refractivity contribution is 5.61. The first-order chi connectivity index (χ1) is 10.1. The summed E-state index contributed by atoms with van der Waals surface area (Å²) in [5.41, 5.74) is 2.65. The lowest BCUT2D eigenvalue weighted by Crippen LogP contribution is -2.30. The second kappa shape index (κ2) is 4.09. The Morgan fingerprint density at radius 1 is 1.25 bits per heavy atom. The molecule has 1 heteroatoms. The van der Waals surface area contributed by atoms with Crippen molar-refractivity contribution in [1.29, 1.82) is 0 Å². The zero-order valence-corrected chi connectivity index (χ0v) is 9.68. The van der Waals surface area contributed by atoms with E-state index in [2.05, 4.69) is 0 Å². The van der Waals surface area contributed by atoms with Crippen molar-refractivity contribution in [3.05, 3.63) is 53.1 Å². The van der Waals surface area contributed by atoms with E-state index in [1.807, 2.05) is 0 Å². The third-order valence-electron chi connectivity index (χ3n) is 2.53. The number of aryl methyl sites for hydroxylation is 2. The van der Waals surface area contributed by atoms with Crippen LogP contribution in [0.15, 0.2) is 36.5 Å². The summed E-state index contributed by atoms with van der Waals surface area (Å²) in [6, 6.07) is 5.02. The van der Waals surface area contributed by atoms with Gasteiger partial charge in [-0.2, -0.15) is 0 Å². The summed E-state index contributed by atoms with van der Waals surface area (Å²) in [4.78, 5) is 0. The van der Waals surface area contributed by atoms with Gasteiger partial charge in [-0.25, -0.2) is 4.57 Å². The molecule has 0 amide bonds. The monoisotopic (exact) mass is 218 g/mol. The molecule has 0 unspecified atom stereocenters. The molecule has 0 fully saturated rings. The van der Waals surface area contributed by atoms with Gasteiger partial charge < -0.3 is 0 Å². The molecule has 0 radical (unpaired) electrons. The van der Waals surface area contributed by atoms with Crippen LogP contribution in [0.1, 0.15) is 24.9 Å². The zero-order chi connectivity index (χ0) is 16.8. The molecule has 1 aromatic carbocycles. The standard InChI is InChI=1S/C15H18N/c1-11-5-6-14(13(3)9-11)15-10-12(2)7-8-16(15)4/h5-10H,1-4H3/q+1/i1D3,7D,8D,10D. The second-order valence-corrected chi connectivity index (χ2v) is 3.92. The van der Waals surface area contributed by atoms with Crippen molar-refractivity contribution in [2.75, 3.05) is 0 Å². The molecular formula is C15H18N+. The lowest BCUT2D eigenvalue weighted by molar-refractivity contribution is -0.660. The van der Waals surface area contributed by atoms with Gasteiger partial charge in [-0.15, -0.1) is 0 Å². The molecule has 0 bridgehead atoms. The van der Waals surface area contributed by atoms with E-state index < -0.39 is 6.85 Å². The van der Waals surface area contributed by atoms with E-state index in [0.717, 1.165) is 5.56 Å². The van der Waals surface area contributed by atoms with Crippen LogP contribution >= 0.6 is 0 Å². The minimum absolute atomic E-state index is 0.0304. The minimum atomic E-state index is -2.17. The maximum absolute atomic E-state index is 8.25. The molecule has 0 aliphatic carbocycles. The molecular weight excluding hydrogens is 194 g/mol. The van der Waals surface area contributed by atoms with Gasteiger partial charge in [0.25, 0.3) is 0 Å². The highest BCUT2D eigenvalue weighted by Crippen LogP contribution is 2.21. The van der Waals surface area contributed by atoms with Crippen LogP contribution in [0, 0.1) is 20.7 Å². The van der Waals surface area contributed by atoms with E-state index >= 15 is 0 Å². The van der Waals surface area contributed by atoms with E-state index in [1.165, 1.54) is 10.6 Å². The molecule has 0 spiro atoms. The molecule has 82 valence electrons. The number of pyridine rings is 1. The SMILES string of the molecule is [2H]c1c(C)c([2H])c(-c2ccc(C([2H])([2H])[2H])cc2C)[n+](C)c1[2H]. The number of hydrogen-bond donors (Lipinski definition) is 0. The first-order valence-corrected chi connectivity index (χ1v) is 5.13. The van der Waals surface area contributed by atoms with Gasteiger partial charge in [-0.3, -0.25) is 0 Å². The van der Waals surface area contributed by atoms with Crippen LogP contribution in [0.5, 0.6) is 0 Å². The number of benzene rings is 1. The van der Waals surface area contributed by atoms with Gasteiger partial charge >= 0.3 is 0 Å². The van der Waals surface area contributed by atoms with Gasteiger partial charge in [-0.1, -0.05) is 17.7 Å². The van der Waals surface area contributed by atoms with Crippen LogP contribution in [0.4, 0.5) is 0 Å². The molecule has 2 aromatic rings. The van der Waals surface area contributed by atoms with Crippen molar-refractivity contribution in [3.8, 4) is 11.3 Å². The summed E-state index contributed by atoms with van der Waals surface area (Å²) < 4.78 is 48.0. The third-order valence-corrected chi connectivity index (χ3v) is 2.53. The highest BCUT2D eigenvalue weighted by Gasteiger charge is 2.11. The first kappa shape index (κ1) is 5.62. The maximum Gasteiger partial charge on any atom is 0.212 e. The average Bonchev–Trinajstić information content (AvgIpc) is 2.43. The Hall–Kier alpha value is -1.63. The number of nitrogens with zero attached hydrogens (tertiary/aromatic N) is 1. The van der Waals surface area contributed by atoms with Gasteiger partial charge in [0.15, 0.2) is 6.17 Å². The van der Waals surface area contributed by atoms with Crippen molar-refractivity contribution < 1.29 is 12.8 Å².